The van der Waals surface area contributed by atoms with Gasteiger partial charge >= 0.3 is 0 Å². The summed E-state index contributed by atoms with van der Waals surface area (Å²) in [6.45, 7) is 0. The molecule has 15 aromatic rings. The van der Waals surface area contributed by atoms with E-state index in [2.05, 4.69) is 188 Å². The highest BCUT2D eigenvalue weighted by Gasteiger charge is 2.23. The smallest absolute Gasteiger partial charge is 0.160 e. The number of aromatic nitrogens is 6. The predicted octanol–water partition coefficient (Wildman–Crippen LogP) is 16.4. The van der Waals surface area contributed by atoms with Crippen LogP contribution in [0.3, 0.4) is 0 Å². The maximum absolute atomic E-state index is 5.68. The molecule has 16 rings (SSSR count). The second-order valence-electron chi connectivity index (χ2n) is 20.5. The highest BCUT2D eigenvalue weighted by Crippen LogP contribution is 2.42. The SMILES string of the molecule is C1=c2c(c3ccccc3c3ccccc23)=CC(c2cc(-c3ccc4c5ccccc5c5ccccc5c4c3)cc3c(-c4ccc(-c5cnc6ccccc6n5)cc4)nc(-c4ccc(-c5cnc6ccccc6n5)cc4)nc23)C1. The van der Waals surface area contributed by atoms with Crippen LogP contribution < -0.4 is 10.4 Å². The Morgan fingerprint density at radius 3 is 1.32 bits per heavy atom. The van der Waals surface area contributed by atoms with Crippen LogP contribution in [-0.4, -0.2) is 29.9 Å². The molecule has 6 heteroatoms. The summed E-state index contributed by atoms with van der Waals surface area (Å²) in [5, 5.41) is 16.1. The first-order chi connectivity index (χ1) is 38.6. The minimum Gasteiger partial charge on any atom is -0.252 e. The van der Waals surface area contributed by atoms with Gasteiger partial charge in [-0.05, 0) is 130 Å². The van der Waals surface area contributed by atoms with E-state index in [1.807, 2.05) is 60.9 Å². The third-order valence-corrected chi connectivity index (χ3v) is 16.1. The Kier molecular flexibility index (Phi) is 9.97. The molecule has 362 valence electrons. The van der Waals surface area contributed by atoms with Gasteiger partial charge in [0.1, 0.15) is 0 Å². The Hall–Kier alpha value is -10.3. The van der Waals surface area contributed by atoms with E-state index >= 15 is 0 Å². The molecule has 0 saturated heterocycles. The predicted molar refractivity (Wildman–Crippen MR) is 322 cm³/mol. The first kappa shape index (κ1) is 44.0. The quantitative estimate of drug-likeness (QED) is 0.155. The topological polar surface area (TPSA) is 77.3 Å². The molecule has 0 aliphatic heterocycles. The molecule has 0 bridgehead atoms. The number of rotatable bonds is 6. The minimum atomic E-state index is -0.00643. The standard InChI is InChI=1S/C72H44N6/c1-3-17-54-50(13-1)52-15-5-7-19-56(52)61-37-47(33-35-58(54)61)49-39-60(48-34-36-59-55-18-4-2-14-51(55)53-16-6-8-20-57(53)62(59)38-48)71-63(40-49)70(45-29-25-43(26-30-45)68-41-73-64-21-9-11-23-66(64)75-68)77-72(78-71)46-31-27-44(28-32-46)69-42-74-65-22-10-12-24-67(65)76-69/h1-33,35-42,48H,34H2. The molecule has 1 unspecified atom stereocenters. The van der Waals surface area contributed by atoms with Crippen LogP contribution in [0.25, 0.3) is 155 Å². The molecule has 1 aliphatic rings. The van der Waals surface area contributed by atoms with Crippen LogP contribution in [0.15, 0.2) is 237 Å². The molecule has 0 radical (unpaired) electrons. The number of hydrogen-bond acceptors (Lipinski definition) is 6. The fraction of sp³-hybridized carbons (Fsp3) is 0.0278. The number of hydrogen-bond donors (Lipinski definition) is 0. The van der Waals surface area contributed by atoms with Gasteiger partial charge in [0, 0.05) is 33.6 Å². The lowest BCUT2D eigenvalue weighted by Gasteiger charge is -2.21. The molecule has 1 aliphatic carbocycles. The summed E-state index contributed by atoms with van der Waals surface area (Å²) in [6, 6.07) is 80.1. The minimum absolute atomic E-state index is 0.00643. The van der Waals surface area contributed by atoms with Crippen LogP contribution in [0.4, 0.5) is 0 Å². The molecule has 3 heterocycles. The third kappa shape index (κ3) is 7.18. The highest BCUT2D eigenvalue weighted by molar-refractivity contribution is 6.26. The summed E-state index contributed by atoms with van der Waals surface area (Å²) in [6.07, 6.45) is 9.49. The van der Waals surface area contributed by atoms with Gasteiger partial charge in [-0.15, -0.1) is 0 Å². The Bertz CT molecular complexity index is 5090. The van der Waals surface area contributed by atoms with Crippen LogP contribution in [0.5, 0.6) is 0 Å². The largest absolute Gasteiger partial charge is 0.252 e. The molecule has 1 atom stereocenters. The van der Waals surface area contributed by atoms with Gasteiger partial charge in [-0.3, -0.25) is 9.97 Å². The first-order valence-electron chi connectivity index (χ1n) is 26.6. The van der Waals surface area contributed by atoms with Gasteiger partial charge in [-0.1, -0.05) is 194 Å². The fourth-order valence-electron chi connectivity index (χ4n) is 12.3. The fourth-order valence-corrected chi connectivity index (χ4v) is 12.3. The van der Waals surface area contributed by atoms with E-state index < -0.39 is 0 Å². The van der Waals surface area contributed by atoms with E-state index in [0.29, 0.717) is 5.82 Å². The molecule has 0 spiro atoms. The van der Waals surface area contributed by atoms with Crippen molar-refractivity contribution in [3.05, 3.63) is 253 Å². The lowest BCUT2D eigenvalue weighted by molar-refractivity contribution is 0.929. The van der Waals surface area contributed by atoms with Crippen molar-refractivity contribution >= 4 is 99.0 Å². The van der Waals surface area contributed by atoms with Gasteiger partial charge in [-0.2, -0.15) is 0 Å². The third-order valence-electron chi connectivity index (χ3n) is 16.1. The maximum atomic E-state index is 5.68. The van der Waals surface area contributed by atoms with E-state index in [1.54, 1.807) is 0 Å². The van der Waals surface area contributed by atoms with Crippen LogP contribution in [0.1, 0.15) is 17.9 Å². The number of benzene rings is 12. The zero-order valence-electron chi connectivity index (χ0n) is 42.1. The van der Waals surface area contributed by atoms with Crippen LogP contribution >= 0.6 is 0 Å². The zero-order valence-corrected chi connectivity index (χ0v) is 42.1. The molecule has 0 fully saturated rings. The number of para-hydroxylation sites is 4. The number of fused-ring (bicyclic) bond motifs is 15. The van der Waals surface area contributed by atoms with Crippen molar-refractivity contribution in [3.63, 3.8) is 0 Å². The molecule has 12 aromatic carbocycles. The van der Waals surface area contributed by atoms with Crippen molar-refractivity contribution in [1.29, 1.82) is 0 Å². The van der Waals surface area contributed by atoms with Crippen molar-refractivity contribution in [3.8, 4) is 56.3 Å². The maximum Gasteiger partial charge on any atom is 0.160 e. The van der Waals surface area contributed by atoms with Crippen LogP contribution in [0.2, 0.25) is 0 Å². The molecule has 6 nitrogen and oxygen atoms in total. The van der Waals surface area contributed by atoms with Gasteiger partial charge in [0.15, 0.2) is 5.82 Å². The Morgan fingerprint density at radius 1 is 0.308 bits per heavy atom. The molecule has 78 heavy (non-hydrogen) atoms. The Morgan fingerprint density at radius 2 is 0.744 bits per heavy atom. The summed E-state index contributed by atoms with van der Waals surface area (Å²) in [4.78, 5) is 30.7. The monoisotopic (exact) mass is 992 g/mol. The van der Waals surface area contributed by atoms with Crippen molar-refractivity contribution < 1.29 is 0 Å². The van der Waals surface area contributed by atoms with Gasteiger partial charge in [0.2, 0.25) is 0 Å². The molecular weight excluding hydrogens is 949 g/mol. The van der Waals surface area contributed by atoms with Gasteiger partial charge in [0.25, 0.3) is 0 Å². The Labute approximate surface area is 448 Å². The van der Waals surface area contributed by atoms with E-state index in [1.165, 1.54) is 64.3 Å². The zero-order chi connectivity index (χ0) is 51.3. The summed E-state index contributed by atoms with van der Waals surface area (Å²) in [5.41, 5.74) is 14.1. The van der Waals surface area contributed by atoms with Crippen molar-refractivity contribution in [1.82, 2.24) is 29.9 Å². The van der Waals surface area contributed by atoms with E-state index in [9.17, 15) is 0 Å². The summed E-state index contributed by atoms with van der Waals surface area (Å²) >= 11 is 0. The molecule has 0 amide bonds. The van der Waals surface area contributed by atoms with Crippen LogP contribution in [-0.2, 0) is 0 Å². The summed E-state index contributed by atoms with van der Waals surface area (Å²) < 4.78 is 0. The molecular formula is C72H44N6. The van der Waals surface area contributed by atoms with Crippen LogP contribution in [0, 0.1) is 0 Å². The normalized spacial score (nSPS) is 13.4. The summed E-state index contributed by atoms with van der Waals surface area (Å²) in [5.74, 6) is 0.640. The lowest BCUT2D eigenvalue weighted by Crippen LogP contribution is -2.30. The van der Waals surface area contributed by atoms with Gasteiger partial charge < -0.3 is 0 Å². The average Bonchev–Trinajstić information content (AvgIpc) is 3.67. The van der Waals surface area contributed by atoms with E-state index in [4.69, 9.17) is 29.9 Å². The van der Waals surface area contributed by atoms with E-state index in [0.717, 1.165) is 95.4 Å². The van der Waals surface area contributed by atoms with E-state index in [-0.39, 0.29) is 5.92 Å². The molecule has 0 N–H and O–H groups in total. The second-order valence-corrected chi connectivity index (χ2v) is 20.5. The second kappa shape index (κ2) is 17.7. The first-order valence-corrected chi connectivity index (χ1v) is 26.6. The molecule has 3 aromatic heterocycles. The number of nitrogens with zero attached hydrogens (tertiary/aromatic N) is 6. The van der Waals surface area contributed by atoms with Gasteiger partial charge in [-0.25, -0.2) is 19.9 Å². The van der Waals surface area contributed by atoms with Crippen molar-refractivity contribution in [2.75, 3.05) is 0 Å². The van der Waals surface area contributed by atoms with Crippen molar-refractivity contribution in [2.45, 2.75) is 12.3 Å². The van der Waals surface area contributed by atoms with Gasteiger partial charge in [0.05, 0.1) is 57.1 Å². The molecule has 0 saturated carbocycles. The van der Waals surface area contributed by atoms with Crippen molar-refractivity contribution in [2.24, 2.45) is 0 Å². The lowest BCUT2D eigenvalue weighted by atomic mass is 9.84. The summed E-state index contributed by atoms with van der Waals surface area (Å²) in [7, 11) is 0. The Balaban J connectivity index is 0.944. The highest BCUT2D eigenvalue weighted by atomic mass is 14.9. The average molecular weight is 993 g/mol.